The van der Waals surface area contributed by atoms with Crippen molar-refractivity contribution in [2.24, 2.45) is 0 Å². The first kappa shape index (κ1) is 15.6. The Hall–Kier alpha value is -1.46. The van der Waals surface area contributed by atoms with Crippen LogP contribution in [0.1, 0.15) is 5.56 Å². The van der Waals surface area contributed by atoms with Gasteiger partial charge in [0.2, 0.25) is 5.91 Å². The largest absolute Gasteiger partial charge is 0.395 e. The predicted octanol–water partition coefficient (Wildman–Crippen LogP) is 2.44. The van der Waals surface area contributed by atoms with Crippen LogP contribution in [0.15, 0.2) is 30.3 Å². The van der Waals surface area contributed by atoms with Gasteiger partial charge in [-0.2, -0.15) is 0 Å². The summed E-state index contributed by atoms with van der Waals surface area (Å²) >= 11 is 5.90. The highest BCUT2D eigenvalue weighted by molar-refractivity contribution is 6.32. The molecule has 6 heteroatoms. The quantitative estimate of drug-likeness (QED) is 0.817. The van der Waals surface area contributed by atoms with E-state index in [0.717, 1.165) is 4.90 Å². The molecule has 0 atom stereocenters. The molecule has 1 aromatic carbocycles. The SMILES string of the molecule is O=C(/C=C/c1ccccc1Cl)N(CCO)CC(F)F. The standard InChI is InChI=1S/C13H14ClF2NO2/c14-11-4-2-1-3-10(11)5-6-13(19)17(7-8-18)9-12(15)16/h1-6,12,18H,7-9H2/b6-5+. The molecule has 0 saturated heterocycles. The van der Waals surface area contributed by atoms with E-state index in [2.05, 4.69) is 0 Å². The minimum Gasteiger partial charge on any atom is -0.395 e. The van der Waals surface area contributed by atoms with Crippen molar-refractivity contribution in [3.05, 3.63) is 40.9 Å². The summed E-state index contributed by atoms with van der Waals surface area (Å²) in [7, 11) is 0. The maximum absolute atomic E-state index is 12.3. The van der Waals surface area contributed by atoms with Crippen molar-refractivity contribution in [1.29, 1.82) is 0 Å². The Kier molecular flexibility index (Phi) is 6.45. The van der Waals surface area contributed by atoms with Crippen LogP contribution in [0, 0.1) is 0 Å². The third-order valence-electron chi connectivity index (χ3n) is 2.35. The van der Waals surface area contributed by atoms with Gasteiger partial charge >= 0.3 is 0 Å². The molecule has 0 aliphatic heterocycles. The van der Waals surface area contributed by atoms with Crippen molar-refractivity contribution in [3.63, 3.8) is 0 Å². The summed E-state index contributed by atoms with van der Waals surface area (Å²) in [5.74, 6) is -0.589. The van der Waals surface area contributed by atoms with Crippen molar-refractivity contribution in [2.75, 3.05) is 19.7 Å². The third kappa shape index (κ3) is 5.36. The van der Waals surface area contributed by atoms with Crippen LogP contribution in [-0.4, -0.2) is 42.0 Å². The van der Waals surface area contributed by atoms with Gasteiger partial charge in [-0.05, 0) is 17.7 Å². The number of carbonyl (C=O) groups is 1. The monoisotopic (exact) mass is 289 g/mol. The van der Waals surface area contributed by atoms with Gasteiger partial charge in [0.05, 0.1) is 13.2 Å². The van der Waals surface area contributed by atoms with Gasteiger partial charge in [-0.3, -0.25) is 4.79 Å². The van der Waals surface area contributed by atoms with E-state index in [1.54, 1.807) is 24.3 Å². The maximum Gasteiger partial charge on any atom is 0.255 e. The van der Waals surface area contributed by atoms with Gasteiger partial charge in [-0.25, -0.2) is 8.78 Å². The lowest BCUT2D eigenvalue weighted by Crippen LogP contribution is -2.36. The molecular weight excluding hydrogens is 276 g/mol. The zero-order chi connectivity index (χ0) is 14.3. The molecule has 1 aromatic rings. The number of benzene rings is 1. The summed E-state index contributed by atoms with van der Waals surface area (Å²) in [5.41, 5.74) is 0.624. The van der Waals surface area contributed by atoms with Gasteiger partial charge in [0, 0.05) is 17.6 Å². The molecule has 0 saturated carbocycles. The highest BCUT2D eigenvalue weighted by Crippen LogP contribution is 2.16. The number of carbonyl (C=O) groups excluding carboxylic acids is 1. The van der Waals surface area contributed by atoms with Gasteiger partial charge in [-0.1, -0.05) is 29.8 Å². The number of halogens is 3. The van der Waals surface area contributed by atoms with Crippen LogP contribution < -0.4 is 0 Å². The van der Waals surface area contributed by atoms with Crippen LogP contribution >= 0.6 is 11.6 Å². The van der Waals surface area contributed by atoms with Crippen LogP contribution in [0.4, 0.5) is 8.78 Å². The lowest BCUT2D eigenvalue weighted by Gasteiger charge is -2.19. The fourth-order valence-electron chi connectivity index (χ4n) is 1.46. The molecular formula is C13H14ClF2NO2. The average Bonchev–Trinajstić information content (AvgIpc) is 2.36. The van der Waals surface area contributed by atoms with Crippen molar-refractivity contribution in [2.45, 2.75) is 6.43 Å². The number of amides is 1. The minimum atomic E-state index is -2.63. The first-order valence-corrected chi connectivity index (χ1v) is 6.03. The van der Waals surface area contributed by atoms with E-state index in [1.165, 1.54) is 12.2 Å². The van der Waals surface area contributed by atoms with Crippen molar-refractivity contribution in [1.82, 2.24) is 4.90 Å². The van der Waals surface area contributed by atoms with E-state index >= 15 is 0 Å². The van der Waals surface area contributed by atoms with E-state index in [0.29, 0.717) is 10.6 Å². The highest BCUT2D eigenvalue weighted by Gasteiger charge is 2.15. The zero-order valence-electron chi connectivity index (χ0n) is 10.1. The Balaban J connectivity index is 2.73. The molecule has 0 aliphatic rings. The number of aliphatic hydroxyl groups is 1. The second kappa shape index (κ2) is 7.86. The summed E-state index contributed by atoms with van der Waals surface area (Å²) < 4.78 is 24.6. The summed E-state index contributed by atoms with van der Waals surface area (Å²) in [6, 6.07) is 6.86. The Morgan fingerprint density at radius 2 is 2.11 bits per heavy atom. The number of hydrogen-bond donors (Lipinski definition) is 1. The first-order valence-electron chi connectivity index (χ1n) is 5.65. The Labute approximate surface area is 115 Å². The molecule has 1 rings (SSSR count). The normalized spacial score (nSPS) is 11.2. The van der Waals surface area contributed by atoms with Crippen LogP contribution in [0.5, 0.6) is 0 Å². The van der Waals surface area contributed by atoms with E-state index in [9.17, 15) is 13.6 Å². The Bertz CT molecular complexity index is 452. The predicted molar refractivity (Wildman–Crippen MR) is 70.2 cm³/mol. The molecule has 19 heavy (non-hydrogen) atoms. The second-order valence-electron chi connectivity index (χ2n) is 3.75. The fraction of sp³-hybridized carbons (Fsp3) is 0.308. The number of aliphatic hydroxyl groups excluding tert-OH is 1. The molecule has 1 amide bonds. The molecule has 0 aliphatic carbocycles. The van der Waals surface area contributed by atoms with Crippen LogP contribution in [-0.2, 0) is 4.79 Å². The number of rotatable bonds is 6. The molecule has 0 fully saturated rings. The lowest BCUT2D eigenvalue weighted by molar-refractivity contribution is -0.128. The van der Waals surface area contributed by atoms with E-state index in [1.807, 2.05) is 0 Å². The highest BCUT2D eigenvalue weighted by atomic mass is 35.5. The van der Waals surface area contributed by atoms with Crippen LogP contribution in [0.25, 0.3) is 6.08 Å². The summed E-state index contributed by atoms with van der Waals surface area (Å²) in [6.45, 7) is -1.19. The molecule has 104 valence electrons. The third-order valence-corrected chi connectivity index (χ3v) is 2.69. The van der Waals surface area contributed by atoms with E-state index < -0.39 is 18.9 Å². The van der Waals surface area contributed by atoms with Gasteiger partial charge in [0.1, 0.15) is 0 Å². The first-order chi connectivity index (χ1) is 9.04. The molecule has 0 unspecified atom stereocenters. The average molecular weight is 290 g/mol. The summed E-state index contributed by atoms with van der Waals surface area (Å²) in [6.07, 6.45) is -0.0102. The van der Waals surface area contributed by atoms with Crippen LogP contribution in [0.2, 0.25) is 5.02 Å². The molecule has 0 spiro atoms. The fourth-order valence-corrected chi connectivity index (χ4v) is 1.65. The maximum atomic E-state index is 12.3. The van der Waals surface area contributed by atoms with Crippen molar-refractivity contribution >= 4 is 23.6 Å². The Morgan fingerprint density at radius 3 is 2.68 bits per heavy atom. The number of alkyl halides is 2. The van der Waals surface area contributed by atoms with Crippen molar-refractivity contribution < 1.29 is 18.7 Å². The molecule has 3 nitrogen and oxygen atoms in total. The molecule has 1 N–H and O–H groups in total. The van der Waals surface area contributed by atoms with Crippen LogP contribution in [0.3, 0.4) is 0 Å². The van der Waals surface area contributed by atoms with E-state index in [4.69, 9.17) is 16.7 Å². The summed E-state index contributed by atoms with van der Waals surface area (Å²) in [4.78, 5) is 12.6. The number of hydrogen-bond acceptors (Lipinski definition) is 2. The summed E-state index contributed by atoms with van der Waals surface area (Å²) in [5, 5.41) is 9.21. The second-order valence-corrected chi connectivity index (χ2v) is 4.16. The zero-order valence-corrected chi connectivity index (χ0v) is 10.9. The van der Waals surface area contributed by atoms with Crippen molar-refractivity contribution in [3.8, 4) is 0 Å². The Morgan fingerprint density at radius 1 is 1.42 bits per heavy atom. The molecule has 0 heterocycles. The van der Waals surface area contributed by atoms with Gasteiger partial charge in [0.25, 0.3) is 6.43 Å². The van der Waals surface area contributed by atoms with Gasteiger partial charge in [-0.15, -0.1) is 0 Å². The van der Waals surface area contributed by atoms with Gasteiger partial charge in [0.15, 0.2) is 0 Å². The van der Waals surface area contributed by atoms with E-state index in [-0.39, 0.29) is 13.2 Å². The molecule has 0 bridgehead atoms. The number of nitrogens with zero attached hydrogens (tertiary/aromatic N) is 1. The topological polar surface area (TPSA) is 40.5 Å². The molecule has 0 aromatic heterocycles. The van der Waals surface area contributed by atoms with Gasteiger partial charge < -0.3 is 10.0 Å². The minimum absolute atomic E-state index is 0.129. The lowest BCUT2D eigenvalue weighted by atomic mass is 10.2. The smallest absolute Gasteiger partial charge is 0.255 e. The molecule has 0 radical (unpaired) electrons.